The summed E-state index contributed by atoms with van der Waals surface area (Å²) < 4.78 is 0.464. The van der Waals surface area contributed by atoms with Crippen molar-refractivity contribution in [1.29, 1.82) is 0 Å². The van der Waals surface area contributed by atoms with E-state index in [1.54, 1.807) is 0 Å². The smallest absolute Gasteiger partial charge is 0.123 e. The normalized spacial score (nSPS) is 49.2. The average Bonchev–Trinajstić information content (AvgIpc) is 2.70. The molecule has 2 aliphatic rings. The standard InChI is InChI=1S/C9H14OS/c1-9(3-2-4-11-9)8-5-7(8)6-10/h6-8H,2-5H2,1H3. The van der Waals surface area contributed by atoms with E-state index in [-0.39, 0.29) is 0 Å². The van der Waals surface area contributed by atoms with Gasteiger partial charge in [-0.3, -0.25) is 0 Å². The van der Waals surface area contributed by atoms with Gasteiger partial charge in [0.1, 0.15) is 6.29 Å². The highest BCUT2D eigenvalue weighted by Gasteiger charge is 2.51. The molecule has 62 valence electrons. The Balaban J connectivity index is 1.99. The molecule has 0 bridgehead atoms. The van der Waals surface area contributed by atoms with Crippen molar-refractivity contribution in [2.45, 2.75) is 30.9 Å². The van der Waals surface area contributed by atoms with E-state index < -0.39 is 0 Å². The molecule has 0 aromatic carbocycles. The van der Waals surface area contributed by atoms with E-state index >= 15 is 0 Å². The third kappa shape index (κ3) is 1.22. The Morgan fingerprint density at radius 2 is 2.45 bits per heavy atom. The largest absolute Gasteiger partial charge is 0.303 e. The van der Waals surface area contributed by atoms with Gasteiger partial charge in [0.25, 0.3) is 0 Å². The van der Waals surface area contributed by atoms with Gasteiger partial charge in [0.2, 0.25) is 0 Å². The van der Waals surface area contributed by atoms with Crippen LogP contribution in [0, 0.1) is 11.8 Å². The van der Waals surface area contributed by atoms with E-state index in [2.05, 4.69) is 18.7 Å². The molecule has 2 heteroatoms. The molecule has 0 aromatic rings. The van der Waals surface area contributed by atoms with Gasteiger partial charge in [-0.05, 0) is 30.9 Å². The van der Waals surface area contributed by atoms with Crippen LogP contribution in [0.5, 0.6) is 0 Å². The molecule has 3 unspecified atom stereocenters. The van der Waals surface area contributed by atoms with Crippen LogP contribution in [0.2, 0.25) is 0 Å². The summed E-state index contributed by atoms with van der Waals surface area (Å²) in [5, 5.41) is 0. The predicted molar refractivity (Wildman–Crippen MR) is 47.8 cm³/mol. The number of thioether (sulfide) groups is 1. The molecule has 0 amide bonds. The first-order valence-electron chi connectivity index (χ1n) is 4.35. The molecular formula is C9H14OS. The molecule has 1 saturated carbocycles. The zero-order valence-electron chi connectivity index (χ0n) is 6.88. The number of aldehydes is 1. The second-order valence-corrected chi connectivity index (χ2v) is 5.54. The molecule has 11 heavy (non-hydrogen) atoms. The van der Waals surface area contributed by atoms with Crippen LogP contribution in [0.25, 0.3) is 0 Å². The van der Waals surface area contributed by atoms with Crippen LogP contribution in [0.15, 0.2) is 0 Å². The Labute approximate surface area is 71.9 Å². The summed E-state index contributed by atoms with van der Waals surface area (Å²) in [4.78, 5) is 10.5. The van der Waals surface area contributed by atoms with Gasteiger partial charge >= 0.3 is 0 Å². The Bertz CT molecular complexity index is 172. The molecule has 2 rings (SSSR count). The molecule has 1 aliphatic heterocycles. The van der Waals surface area contributed by atoms with Crippen molar-refractivity contribution in [3.8, 4) is 0 Å². The Morgan fingerprint density at radius 1 is 1.64 bits per heavy atom. The molecule has 0 aromatic heterocycles. The summed E-state index contributed by atoms with van der Waals surface area (Å²) in [5.74, 6) is 2.43. The molecule has 1 aliphatic carbocycles. The van der Waals surface area contributed by atoms with E-state index in [4.69, 9.17) is 0 Å². The Morgan fingerprint density at radius 3 is 2.91 bits per heavy atom. The van der Waals surface area contributed by atoms with Crippen molar-refractivity contribution >= 4 is 18.0 Å². The second kappa shape index (κ2) is 2.51. The molecule has 1 saturated heterocycles. The lowest BCUT2D eigenvalue weighted by Crippen LogP contribution is -2.19. The third-order valence-corrected chi connectivity index (χ3v) is 4.71. The van der Waals surface area contributed by atoms with Crippen LogP contribution in [0.4, 0.5) is 0 Å². The van der Waals surface area contributed by atoms with E-state index in [0.717, 1.165) is 12.7 Å². The quantitative estimate of drug-likeness (QED) is 0.590. The SMILES string of the molecule is CC1(C2CC2C=O)CCCS1. The highest BCUT2D eigenvalue weighted by molar-refractivity contribution is 8.00. The zero-order valence-corrected chi connectivity index (χ0v) is 7.69. The van der Waals surface area contributed by atoms with Gasteiger partial charge in [-0.2, -0.15) is 11.8 Å². The minimum Gasteiger partial charge on any atom is -0.303 e. The average molecular weight is 170 g/mol. The summed E-state index contributed by atoms with van der Waals surface area (Å²) in [6, 6.07) is 0. The number of hydrogen-bond donors (Lipinski definition) is 0. The highest BCUT2D eigenvalue weighted by Crippen LogP contribution is 2.56. The van der Waals surface area contributed by atoms with E-state index in [0.29, 0.717) is 16.6 Å². The van der Waals surface area contributed by atoms with E-state index in [9.17, 15) is 4.79 Å². The summed E-state index contributed by atoms with van der Waals surface area (Å²) in [7, 11) is 0. The first-order valence-corrected chi connectivity index (χ1v) is 5.34. The lowest BCUT2D eigenvalue weighted by atomic mass is 9.98. The van der Waals surface area contributed by atoms with Crippen molar-refractivity contribution in [2.75, 3.05) is 5.75 Å². The number of rotatable bonds is 2. The summed E-state index contributed by atoms with van der Waals surface area (Å²) in [6.07, 6.45) is 4.98. The summed E-state index contributed by atoms with van der Waals surface area (Å²) >= 11 is 2.08. The molecule has 3 atom stereocenters. The summed E-state index contributed by atoms with van der Waals surface area (Å²) in [6.45, 7) is 2.33. The highest BCUT2D eigenvalue weighted by atomic mass is 32.2. The minimum atomic E-state index is 0.408. The number of carbonyl (C=O) groups is 1. The molecular weight excluding hydrogens is 156 g/mol. The van der Waals surface area contributed by atoms with Gasteiger partial charge in [-0.1, -0.05) is 6.92 Å². The summed E-state index contributed by atoms with van der Waals surface area (Å²) in [5.41, 5.74) is 0. The van der Waals surface area contributed by atoms with Gasteiger partial charge in [-0.25, -0.2) is 0 Å². The van der Waals surface area contributed by atoms with Gasteiger partial charge in [0.05, 0.1) is 0 Å². The van der Waals surface area contributed by atoms with Crippen molar-refractivity contribution in [1.82, 2.24) is 0 Å². The minimum absolute atomic E-state index is 0.408. The van der Waals surface area contributed by atoms with Crippen LogP contribution in [-0.4, -0.2) is 16.8 Å². The van der Waals surface area contributed by atoms with Crippen molar-refractivity contribution in [3.05, 3.63) is 0 Å². The maximum absolute atomic E-state index is 10.5. The lowest BCUT2D eigenvalue weighted by molar-refractivity contribution is -0.109. The van der Waals surface area contributed by atoms with Crippen LogP contribution < -0.4 is 0 Å². The third-order valence-electron chi connectivity index (χ3n) is 3.05. The molecule has 0 radical (unpaired) electrons. The maximum Gasteiger partial charge on any atom is 0.123 e. The fraction of sp³-hybridized carbons (Fsp3) is 0.889. The number of hydrogen-bond acceptors (Lipinski definition) is 2. The molecule has 0 N–H and O–H groups in total. The first kappa shape index (κ1) is 7.66. The molecule has 2 fully saturated rings. The first-order chi connectivity index (χ1) is 5.26. The van der Waals surface area contributed by atoms with Crippen molar-refractivity contribution in [2.24, 2.45) is 11.8 Å². The molecule has 0 spiro atoms. The number of carbonyl (C=O) groups excluding carboxylic acids is 1. The zero-order chi connectivity index (χ0) is 7.90. The van der Waals surface area contributed by atoms with Gasteiger partial charge in [0.15, 0.2) is 0 Å². The topological polar surface area (TPSA) is 17.1 Å². The lowest BCUT2D eigenvalue weighted by Gasteiger charge is -2.21. The maximum atomic E-state index is 10.5. The van der Waals surface area contributed by atoms with Crippen LogP contribution in [-0.2, 0) is 4.79 Å². The van der Waals surface area contributed by atoms with Crippen molar-refractivity contribution < 1.29 is 4.79 Å². The van der Waals surface area contributed by atoms with Crippen LogP contribution in [0.3, 0.4) is 0 Å². The van der Waals surface area contributed by atoms with Gasteiger partial charge in [0, 0.05) is 10.7 Å². The van der Waals surface area contributed by atoms with Crippen molar-refractivity contribution in [3.63, 3.8) is 0 Å². The fourth-order valence-corrected chi connectivity index (χ4v) is 3.69. The Kier molecular flexibility index (Phi) is 1.75. The van der Waals surface area contributed by atoms with Crippen LogP contribution >= 0.6 is 11.8 Å². The fourth-order valence-electron chi connectivity index (χ4n) is 2.16. The monoisotopic (exact) mass is 170 g/mol. The van der Waals surface area contributed by atoms with Crippen LogP contribution in [0.1, 0.15) is 26.2 Å². The van der Waals surface area contributed by atoms with E-state index in [1.807, 2.05) is 0 Å². The van der Waals surface area contributed by atoms with E-state index in [1.165, 1.54) is 18.6 Å². The van der Waals surface area contributed by atoms with Gasteiger partial charge < -0.3 is 4.79 Å². The Hall–Kier alpha value is 0.0200. The molecule has 1 nitrogen and oxygen atoms in total. The second-order valence-electron chi connectivity index (χ2n) is 3.91. The predicted octanol–water partition coefficient (Wildman–Crippen LogP) is 2.11. The van der Waals surface area contributed by atoms with Gasteiger partial charge in [-0.15, -0.1) is 0 Å². The molecule has 1 heterocycles.